The highest BCUT2D eigenvalue weighted by atomic mass is 16.6. The Hall–Kier alpha value is -0.760. The van der Waals surface area contributed by atoms with E-state index < -0.39 is 0 Å². The van der Waals surface area contributed by atoms with Gasteiger partial charge in [0.1, 0.15) is 11.7 Å². The lowest BCUT2D eigenvalue weighted by Gasteiger charge is -2.33. The second-order valence-corrected chi connectivity index (χ2v) is 4.70. The first-order valence-electron chi connectivity index (χ1n) is 4.69. The maximum Gasteiger partial charge on any atom is 0.148 e. The molecule has 0 aromatic rings. The first-order valence-corrected chi connectivity index (χ1v) is 4.69. The topological polar surface area (TPSA) is 21.8 Å². The van der Waals surface area contributed by atoms with E-state index in [4.69, 9.17) is 9.47 Å². The van der Waals surface area contributed by atoms with Crippen LogP contribution in [0.1, 0.15) is 20.8 Å². The molecule has 0 aliphatic carbocycles. The molecule has 2 aliphatic rings. The molecule has 2 nitrogen and oxygen atoms in total. The molecule has 0 aromatic heterocycles. The minimum absolute atomic E-state index is 0.0810. The summed E-state index contributed by atoms with van der Waals surface area (Å²) in [6, 6.07) is 0. The van der Waals surface area contributed by atoms with E-state index in [1.165, 1.54) is 0 Å². The second-order valence-electron chi connectivity index (χ2n) is 4.70. The summed E-state index contributed by atoms with van der Waals surface area (Å²) < 4.78 is 11.1. The Morgan fingerprint density at radius 1 is 1.31 bits per heavy atom. The van der Waals surface area contributed by atoms with Crippen molar-refractivity contribution in [3.8, 4) is 0 Å². The highest BCUT2D eigenvalue weighted by molar-refractivity contribution is 5.19. The van der Waals surface area contributed by atoms with Gasteiger partial charge in [0.15, 0.2) is 0 Å². The molecule has 2 rings (SSSR count). The largest absolute Gasteiger partial charge is 0.491 e. The number of hydrogen-bond acceptors (Lipinski definition) is 2. The predicted molar refractivity (Wildman–Crippen MR) is 51.3 cm³/mol. The predicted octanol–water partition coefficient (Wildman–Crippen LogP) is 2.27. The summed E-state index contributed by atoms with van der Waals surface area (Å²) in [7, 11) is 0. The van der Waals surface area contributed by atoms with Crippen LogP contribution in [0.5, 0.6) is 0 Å². The summed E-state index contributed by atoms with van der Waals surface area (Å²) in [5.41, 5.74) is 0.0292. The summed E-state index contributed by atoms with van der Waals surface area (Å²) >= 11 is 0. The van der Waals surface area contributed by atoms with Crippen LogP contribution in [0.15, 0.2) is 24.5 Å². The van der Waals surface area contributed by atoms with Gasteiger partial charge in [-0.2, -0.15) is 0 Å². The second kappa shape index (κ2) is 2.61. The van der Waals surface area contributed by atoms with Gasteiger partial charge in [0, 0.05) is 0 Å². The fraction of sp³-hybridized carbons (Fsp3) is 0.636. The third-order valence-electron chi connectivity index (χ3n) is 2.89. The van der Waals surface area contributed by atoms with Crippen molar-refractivity contribution in [2.24, 2.45) is 5.41 Å². The molecule has 0 amide bonds. The fourth-order valence-electron chi connectivity index (χ4n) is 1.75. The molecule has 0 spiro atoms. The van der Waals surface area contributed by atoms with Gasteiger partial charge in [-0.3, -0.25) is 0 Å². The van der Waals surface area contributed by atoms with E-state index in [0.29, 0.717) is 0 Å². The molecular formula is C11H16O2. The zero-order valence-corrected chi connectivity index (χ0v) is 8.41. The highest BCUT2D eigenvalue weighted by Crippen LogP contribution is 2.48. The van der Waals surface area contributed by atoms with Crippen molar-refractivity contribution in [2.45, 2.75) is 32.5 Å². The summed E-state index contributed by atoms with van der Waals surface area (Å²) in [6.07, 6.45) is 7.80. The lowest BCUT2D eigenvalue weighted by molar-refractivity contribution is 0.0258. The minimum atomic E-state index is -0.103. The van der Waals surface area contributed by atoms with Crippen molar-refractivity contribution in [3.63, 3.8) is 0 Å². The van der Waals surface area contributed by atoms with Gasteiger partial charge in [0.2, 0.25) is 0 Å². The molecule has 2 aliphatic heterocycles. The molecule has 2 heteroatoms. The van der Waals surface area contributed by atoms with Gasteiger partial charge in [0.05, 0.1) is 12.9 Å². The van der Waals surface area contributed by atoms with Gasteiger partial charge in [-0.15, -0.1) is 0 Å². The molecule has 0 saturated carbocycles. The van der Waals surface area contributed by atoms with Gasteiger partial charge in [-0.25, -0.2) is 0 Å². The van der Waals surface area contributed by atoms with Gasteiger partial charge in [-0.1, -0.05) is 26.8 Å². The van der Waals surface area contributed by atoms with Crippen LogP contribution in [0, 0.1) is 5.41 Å². The molecule has 2 atom stereocenters. The van der Waals surface area contributed by atoms with E-state index in [1.807, 2.05) is 12.2 Å². The quantitative estimate of drug-likeness (QED) is 0.577. The van der Waals surface area contributed by atoms with Crippen molar-refractivity contribution < 1.29 is 9.47 Å². The number of rotatable bonds is 1. The smallest absolute Gasteiger partial charge is 0.148 e. The minimum Gasteiger partial charge on any atom is -0.491 e. The van der Waals surface area contributed by atoms with Gasteiger partial charge in [-0.05, 0) is 17.6 Å². The van der Waals surface area contributed by atoms with E-state index in [1.54, 1.807) is 6.26 Å². The van der Waals surface area contributed by atoms with E-state index in [2.05, 4.69) is 26.8 Å². The zero-order chi connectivity index (χ0) is 9.53. The Balaban J connectivity index is 2.16. The van der Waals surface area contributed by atoms with Crippen LogP contribution in [0.25, 0.3) is 0 Å². The molecule has 72 valence electrons. The van der Waals surface area contributed by atoms with E-state index >= 15 is 0 Å². The van der Waals surface area contributed by atoms with Crippen LogP contribution < -0.4 is 0 Å². The number of epoxide rings is 1. The van der Waals surface area contributed by atoms with Crippen LogP contribution >= 0.6 is 0 Å². The average Bonchev–Trinajstić information content (AvgIpc) is 2.84. The van der Waals surface area contributed by atoms with Crippen LogP contribution in [0.4, 0.5) is 0 Å². The highest BCUT2D eigenvalue weighted by Gasteiger charge is 2.60. The summed E-state index contributed by atoms with van der Waals surface area (Å²) in [6.45, 7) is 7.37. The van der Waals surface area contributed by atoms with Crippen LogP contribution in [0.3, 0.4) is 0 Å². The SMILES string of the molecule is CC(C)(C)C1(C2C=CC=CO2)CO1. The lowest BCUT2D eigenvalue weighted by atomic mass is 9.77. The molecule has 2 heterocycles. The zero-order valence-electron chi connectivity index (χ0n) is 8.41. The Labute approximate surface area is 79.2 Å². The fourth-order valence-corrected chi connectivity index (χ4v) is 1.75. The molecule has 1 saturated heterocycles. The Bertz CT molecular complexity index is 254. The van der Waals surface area contributed by atoms with Crippen molar-refractivity contribution in [3.05, 3.63) is 24.5 Å². The third-order valence-corrected chi connectivity index (χ3v) is 2.89. The molecule has 0 N–H and O–H groups in total. The van der Waals surface area contributed by atoms with Crippen molar-refractivity contribution in [2.75, 3.05) is 6.61 Å². The molecule has 13 heavy (non-hydrogen) atoms. The third kappa shape index (κ3) is 1.29. The first-order chi connectivity index (χ1) is 6.06. The summed E-state index contributed by atoms with van der Waals surface area (Å²) in [4.78, 5) is 0. The average molecular weight is 180 g/mol. The van der Waals surface area contributed by atoms with Crippen molar-refractivity contribution in [1.82, 2.24) is 0 Å². The van der Waals surface area contributed by atoms with Gasteiger partial charge >= 0.3 is 0 Å². The molecule has 1 fully saturated rings. The number of hydrogen-bond donors (Lipinski definition) is 0. The molecular weight excluding hydrogens is 164 g/mol. The molecule has 0 radical (unpaired) electrons. The first kappa shape index (κ1) is 8.82. The molecule has 2 unspecified atom stereocenters. The van der Waals surface area contributed by atoms with Crippen LogP contribution in [-0.2, 0) is 9.47 Å². The van der Waals surface area contributed by atoms with Crippen LogP contribution in [-0.4, -0.2) is 18.3 Å². The van der Waals surface area contributed by atoms with E-state index in [-0.39, 0.29) is 17.1 Å². The van der Waals surface area contributed by atoms with Crippen LogP contribution in [0.2, 0.25) is 0 Å². The molecule has 0 aromatic carbocycles. The van der Waals surface area contributed by atoms with E-state index in [0.717, 1.165) is 6.61 Å². The maximum absolute atomic E-state index is 5.59. The summed E-state index contributed by atoms with van der Waals surface area (Å²) in [5, 5.41) is 0. The normalized spacial score (nSPS) is 37.3. The number of allylic oxidation sites excluding steroid dienone is 2. The number of ether oxygens (including phenoxy) is 2. The Morgan fingerprint density at radius 2 is 2.00 bits per heavy atom. The molecule has 0 bridgehead atoms. The van der Waals surface area contributed by atoms with E-state index in [9.17, 15) is 0 Å². The maximum atomic E-state index is 5.59. The monoisotopic (exact) mass is 180 g/mol. The Kier molecular flexibility index (Phi) is 1.77. The standard InChI is InChI=1S/C11H16O2/c1-10(2,3)11(8-13-11)9-6-4-5-7-12-9/h4-7,9H,8H2,1-3H3. The lowest BCUT2D eigenvalue weighted by Crippen LogP contribution is -2.42. The summed E-state index contributed by atoms with van der Waals surface area (Å²) in [5.74, 6) is 0. The van der Waals surface area contributed by atoms with Gasteiger partial charge in [0.25, 0.3) is 0 Å². The Morgan fingerprint density at radius 3 is 2.38 bits per heavy atom. The van der Waals surface area contributed by atoms with Crippen molar-refractivity contribution in [1.29, 1.82) is 0 Å². The van der Waals surface area contributed by atoms with Crippen molar-refractivity contribution >= 4 is 0 Å². The van der Waals surface area contributed by atoms with Gasteiger partial charge < -0.3 is 9.47 Å².